The summed E-state index contributed by atoms with van der Waals surface area (Å²) in [5.41, 5.74) is 10.7. The minimum absolute atomic E-state index is 0.211. The molecule has 1 fully saturated rings. The molecule has 2 atom stereocenters. The number of hydrogen-bond acceptors (Lipinski definition) is 5. The molecule has 0 aromatic heterocycles. The second kappa shape index (κ2) is 5.86. The van der Waals surface area contributed by atoms with Crippen molar-refractivity contribution < 1.29 is 14.3 Å². The third-order valence-electron chi connectivity index (χ3n) is 2.86. The molecule has 0 spiro atoms. The summed E-state index contributed by atoms with van der Waals surface area (Å²) in [6.07, 6.45) is 1.98. The number of carbonyl (C=O) groups is 1. The number of rotatable bonds is 6. The molecule has 1 unspecified atom stereocenters. The summed E-state index contributed by atoms with van der Waals surface area (Å²) in [6, 6.07) is -0.211. The zero-order chi connectivity index (χ0) is 12.9. The van der Waals surface area contributed by atoms with E-state index in [0.717, 1.165) is 19.3 Å². The van der Waals surface area contributed by atoms with Crippen LogP contribution in [0.5, 0.6) is 0 Å². The molecular weight excluding hydrogens is 222 g/mol. The summed E-state index contributed by atoms with van der Waals surface area (Å²) in [6.45, 7) is 4.50. The number of ether oxygens (including phenoxy) is 2. The van der Waals surface area contributed by atoms with Crippen molar-refractivity contribution in [1.82, 2.24) is 0 Å². The number of nitrogens with two attached hydrogens (primary N) is 2. The van der Waals surface area contributed by atoms with Crippen LogP contribution >= 0.6 is 0 Å². The Kier molecular flexibility index (Phi) is 4.74. The topological polar surface area (TPSA) is 99.9 Å². The van der Waals surface area contributed by atoms with E-state index in [1.54, 1.807) is 13.8 Å². The Morgan fingerprint density at radius 2 is 2.29 bits per heavy atom. The van der Waals surface area contributed by atoms with E-state index in [2.05, 4.69) is 4.99 Å². The SMILES string of the molecule is CC(N)=NCCCC[C@H](N)C1(C)COC(=O)O1. The predicted octanol–water partition coefficient (Wildman–Crippen LogP) is 0.787. The summed E-state index contributed by atoms with van der Waals surface area (Å²) in [7, 11) is 0. The van der Waals surface area contributed by atoms with Crippen molar-refractivity contribution in [2.24, 2.45) is 16.5 Å². The Bertz CT molecular complexity index is 302. The highest BCUT2D eigenvalue weighted by molar-refractivity contribution is 5.77. The number of carbonyl (C=O) groups excluding carboxylic acids is 1. The molecule has 0 aliphatic carbocycles. The van der Waals surface area contributed by atoms with E-state index in [1.165, 1.54) is 0 Å². The van der Waals surface area contributed by atoms with Gasteiger partial charge in [0.15, 0.2) is 5.60 Å². The summed E-state index contributed by atoms with van der Waals surface area (Å²) >= 11 is 0. The summed E-state index contributed by atoms with van der Waals surface area (Å²) < 4.78 is 9.84. The van der Waals surface area contributed by atoms with Gasteiger partial charge in [-0.3, -0.25) is 4.99 Å². The van der Waals surface area contributed by atoms with Gasteiger partial charge in [0.1, 0.15) is 6.61 Å². The van der Waals surface area contributed by atoms with Crippen molar-refractivity contribution in [3.63, 3.8) is 0 Å². The van der Waals surface area contributed by atoms with Gasteiger partial charge < -0.3 is 20.9 Å². The number of hydrogen-bond donors (Lipinski definition) is 2. The molecule has 0 aromatic carbocycles. The molecule has 98 valence electrons. The molecule has 1 rings (SSSR count). The van der Waals surface area contributed by atoms with Crippen LogP contribution in [-0.2, 0) is 9.47 Å². The molecule has 4 N–H and O–H groups in total. The Balaban J connectivity index is 2.23. The fraction of sp³-hybridized carbons (Fsp3) is 0.818. The number of cyclic esters (lactones) is 2. The van der Waals surface area contributed by atoms with Crippen LogP contribution in [0.25, 0.3) is 0 Å². The van der Waals surface area contributed by atoms with Gasteiger partial charge in [-0.15, -0.1) is 0 Å². The fourth-order valence-corrected chi connectivity index (χ4v) is 1.67. The molecule has 1 saturated heterocycles. The van der Waals surface area contributed by atoms with Gasteiger partial charge in [0, 0.05) is 12.6 Å². The average Bonchev–Trinajstić information content (AvgIpc) is 2.59. The lowest BCUT2D eigenvalue weighted by atomic mass is 9.93. The molecule has 6 nitrogen and oxygen atoms in total. The first kappa shape index (κ1) is 13.8. The van der Waals surface area contributed by atoms with Crippen LogP contribution in [0.4, 0.5) is 4.79 Å². The second-order valence-electron chi connectivity index (χ2n) is 4.58. The summed E-state index contributed by atoms with van der Waals surface area (Å²) in [4.78, 5) is 15.0. The van der Waals surface area contributed by atoms with Crippen molar-refractivity contribution in [3.8, 4) is 0 Å². The van der Waals surface area contributed by atoms with Crippen molar-refractivity contribution >= 4 is 12.0 Å². The molecule has 6 heteroatoms. The van der Waals surface area contributed by atoms with Crippen molar-refractivity contribution in [1.29, 1.82) is 0 Å². The van der Waals surface area contributed by atoms with Gasteiger partial charge in [-0.25, -0.2) is 4.79 Å². The fourth-order valence-electron chi connectivity index (χ4n) is 1.67. The maximum absolute atomic E-state index is 10.9. The lowest BCUT2D eigenvalue weighted by Gasteiger charge is -2.26. The third kappa shape index (κ3) is 4.22. The van der Waals surface area contributed by atoms with Crippen molar-refractivity contribution in [2.45, 2.75) is 44.8 Å². The van der Waals surface area contributed by atoms with Crippen LogP contribution < -0.4 is 11.5 Å². The Hall–Kier alpha value is -1.30. The zero-order valence-electron chi connectivity index (χ0n) is 10.4. The molecule has 0 radical (unpaired) electrons. The van der Waals surface area contributed by atoms with Gasteiger partial charge in [-0.2, -0.15) is 0 Å². The number of nitrogens with zero attached hydrogens (tertiary/aromatic N) is 1. The van der Waals surface area contributed by atoms with E-state index in [-0.39, 0.29) is 12.6 Å². The monoisotopic (exact) mass is 243 g/mol. The van der Waals surface area contributed by atoms with E-state index in [0.29, 0.717) is 12.4 Å². The molecule has 0 saturated carbocycles. The third-order valence-corrected chi connectivity index (χ3v) is 2.86. The van der Waals surface area contributed by atoms with Crippen LogP contribution in [-0.4, -0.2) is 36.8 Å². The summed E-state index contributed by atoms with van der Waals surface area (Å²) in [5.74, 6) is 0.597. The van der Waals surface area contributed by atoms with Gasteiger partial charge in [-0.1, -0.05) is 0 Å². The smallest absolute Gasteiger partial charge is 0.430 e. The van der Waals surface area contributed by atoms with E-state index in [4.69, 9.17) is 20.9 Å². The zero-order valence-corrected chi connectivity index (χ0v) is 10.4. The van der Waals surface area contributed by atoms with Gasteiger partial charge in [0.2, 0.25) is 0 Å². The second-order valence-corrected chi connectivity index (χ2v) is 4.58. The standard InChI is InChI=1S/C11H21N3O3/c1-8(12)14-6-4-3-5-9(13)11(2)7-16-10(15)17-11/h9H,3-7,13H2,1-2H3,(H2,12,14)/t9-,11?/m0/s1. The number of amidine groups is 1. The minimum atomic E-state index is -0.690. The highest BCUT2D eigenvalue weighted by Gasteiger charge is 2.42. The highest BCUT2D eigenvalue weighted by atomic mass is 16.8. The van der Waals surface area contributed by atoms with Crippen LogP contribution in [0.1, 0.15) is 33.1 Å². The molecular formula is C11H21N3O3. The van der Waals surface area contributed by atoms with E-state index in [9.17, 15) is 4.79 Å². The number of aliphatic imine (C=N–C) groups is 1. The lowest BCUT2D eigenvalue weighted by Crippen LogP contribution is -2.47. The summed E-state index contributed by atoms with van der Waals surface area (Å²) in [5, 5.41) is 0. The average molecular weight is 243 g/mol. The molecule has 17 heavy (non-hydrogen) atoms. The van der Waals surface area contributed by atoms with E-state index < -0.39 is 11.8 Å². The van der Waals surface area contributed by atoms with Gasteiger partial charge in [0.05, 0.1) is 5.84 Å². The largest absolute Gasteiger partial charge is 0.509 e. The van der Waals surface area contributed by atoms with E-state index >= 15 is 0 Å². The first-order chi connectivity index (χ1) is 7.94. The van der Waals surface area contributed by atoms with Gasteiger partial charge >= 0.3 is 6.16 Å². The molecule has 0 aromatic rings. The molecule has 0 bridgehead atoms. The maximum atomic E-state index is 10.9. The first-order valence-electron chi connectivity index (χ1n) is 5.82. The molecule has 1 aliphatic rings. The quantitative estimate of drug-likeness (QED) is 0.311. The molecule has 1 heterocycles. The number of unbranched alkanes of at least 4 members (excludes halogenated alkanes) is 1. The van der Waals surface area contributed by atoms with Crippen LogP contribution in [0, 0.1) is 0 Å². The van der Waals surface area contributed by atoms with Gasteiger partial charge in [-0.05, 0) is 33.1 Å². The molecule has 0 amide bonds. The predicted molar refractivity (Wildman–Crippen MR) is 64.8 cm³/mol. The highest BCUT2D eigenvalue weighted by Crippen LogP contribution is 2.25. The minimum Gasteiger partial charge on any atom is -0.430 e. The molecule has 1 aliphatic heterocycles. The van der Waals surface area contributed by atoms with Crippen LogP contribution in [0.2, 0.25) is 0 Å². The van der Waals surface area contributed by atoms with Crippen LogP contribution in [0.3, 0.4) is 0 Å². The normalized spacial score (nSPS) is 26.5. The van der Waals surface area contributed by atoms with Crippen molar-refractivity contribution in [3.05, 3.63) is 0 Å². The Morgan fingerprint density at radius 3 is 2.82 bits per heavy atom. The van der Waals surface area contributed by atoms with Crippen LogP contribution in [0.15, 0.2) is 4.99 Å². The first-order valence-corrected chi connectivity index (χ1v) is 5.82. The lowest BCUT2D eigenvalue weighted by molar-refractivity contribution is 0.0474. The van der Waals surface area contributed by atoms with E-state index in [1.807, 2.05) is 0 Å². The van der Waals surface area contributed by atoms with Crippen molar-refractivity contribution in [2.75, 3.05) is 13.2 Å². The Morgan fingerprint density at radius 1 is 1.59 bits per heavy atom. The Labute approximate surface area is 101 Å². The maximum Gasteiger partial charge on any atom is 0.509 e. The van der Waals surface area contributed by atoms with Gasteiger partial charge in [0.25, 0.3) is 0 Å².